The molecule has 2 aromatic rings. The number of amides is 4. The minimum atomic E-state index is -0.813. The van der Waals surface area contributed by atoms with E-state index in [-0.39, 0.29) is 5.57 Å². The minimum Gasteiger partial charge on any atom is -0.497 e. The number of anilines is 1. The van der Waals surface area contributed by atoms with Crippen LogP contribution in [0.15, 0.2) is 70.7 Å². The topological polar surface area (TPSA) is 94.2 Å². The number of allylic oxidation sites excluding steroid dienone is 4. The molecule has 1 N–H and O–H groups in total. The molecule has 192 valence electrons. The van der Waals surface area contributed by atoms with Crippen LogP contribution in [0.1, 0.15) is 25.3 Å². The number of imide groups is 2. The van der Waals surface area contributed by atoms with Crippen molar-refractivity contribution < 1.29 is 28.6 Å². The van der Waals surface area contributed by atoms with Gasteiger partial charge in [0, 0.05) is 5.75 Å². The van der Waals surface area contributed by atoms with Gasteiger partial charge in [0.05, 0.1) is 26.5 Å². The van der Waals surface area contributed by atoms with E-state index in [2.05, 4.69) is 24.4 Å². The lowest BCUT2D eigenvalue weighted by Crippen LogP contribution is -2.54. The summed E-state index contributed by atoms with van der Waals surface area (Å²) in [4.78, 5) is 40.3. The summed E-state index contributed by atoms with van der Waals surface area (Å²) in [5, 5.41) is 2.22. The molecule has 0 spiro atoms. The normalized spacial score (nSPS) is 16.8. The van der Waals surface area contributed by atoms with Crippen LogP contribution < -0.4 is 24.4 Å². The lowest BCUT2D eigenvalue weighted by molar-refractivity contribution is -0.122. The smallest absolute Gasteiger partial charge is 0.335 e. The fourth-order valence-corrected chi connectivity index (χ4v) is 4.69. The predicted octanol–water partition coefficient (Wildman–Crippen LogP) is 5.11. The number of urea groups is 1. The summed E-state index contributed by atoms with van der Waals surface area (Å²) in [6.07, 6.45) is 7.91. The van der Waals surface area contributed by atoms with Crippen molar-refractivity contribution in [3.8, 4) is 17.2 Å². The zero-order chi connectivity index (χ0) is 26.4. The monoisotopic (exact) mass is 520 g/mol. The highest BCUT2D eigenvalue weighted by Gasteiger charge is 2.36. The first kappa shape index (κ1) is 26.1. The van der Waals surface area contributed by atoms with Gasteiger partial charge < -0.3 is 14.2 Å². The van der Waals surface area contributed by atoms with Gasteiger partial charge in [0.15, 0.2) is 11.5 Å². The Balaban J connectivity index is 1.46. The van der Waals surface area contributed by atoms with Crippen molar-refractivity contribution in [3.63, 3.8) is 0 Å². The van der Waals surface area contributed by atoms with Crippen molar-refractivity contribution in [2.24, 2.45) is 0 Å². The van der Waals surface area contributed by atoms with Crippen molar-refractivity contribution in [1.29, 1.82) is 0 Å². The Morgan fingerprint density at radius 3 is 2.43 bits per heavy atom. The van der Waals surface area contributed by atoms with Crippen LogP contribution in [-0.4, -0.2) is 44.4 Å². The quantitative estimate of drug-likeness (QED) is 0.279. The highest BCUT2D eigenvalue weighted by atomic mass is 32.2. The third-order valence-corrected chi connectivity index (χ3v) is 6.96. The maximum atomic E-state index is 13.1. The number of rotatable bonds is 9. The lowest BCUT2D eigenvalue weighted by atomic mass is 10.1. The first-order valence-corrected chi connectivity index (χ1v) is 12.7. The Labute approximate surface area is 220 Å². The first-order chi connectivity index (χ1) is 17.9. The van der Waals surface area contributed by atoms with Crippen molar-refractivity contribution in [2.75, 3.05) is 31.5 Å². The Kier molecular flexibility index (Phi) is 8.35. The molecule has 2 aliphatic rings. The Morgan fingerprint density at radius 1 is 0.973 bits per heavy atom. The van der Waals surface area contributed by atoms with Gasteiger partial charge in [-0.3, -0.25) is 14.9 Å². The van der Waals surface area contributed by atoms with Crippen molar-refractivity contribution in [2.45, 2.75) is 19.8 Å². The molecule has 0 radical (unpaired) electrons. The van der Waals surface area contributed by atoms with Crippen LogP contribution in [0.4, 0.5) is 10.5 Å². The fourth-order valence-electron chi connectivity index (χ4n) is 3.85. The molecule has 1 aliphatic heterocycles. The van der Waals surface area contributed by atoms with Gasteiger partial charge in [-0.25, -0.2) is 9.69 Å². The molecule has 0 atom stereocenters. The molecule has 37 heavy (non-hydrogen) atoms. The summed E-state index contributed by atoms with van der Waals surface area (Å²) in [6.45, 7) is 2.64. The number of thioether (sulfide) groups is 1. The summed E-state index contributed by atoms with van der Waals surface area (Å²) < 4.78 is 16.5. The van der Waals surface area contributed by atoms with E-state index < -0.39 is 17.8 Å². The number of benzene rings is 2. The molecule has 4 amide bonds. The van der Waals surface area contributed by atoms with Gasteiger partial charge in [0.25, 0.3) is 11.8 Å². The average molecular weight is 521 g/mol. The van der Waals surface area contributed by atoms with Crippen LogP contribution in [0.3, 0.4) is 0 Å². The molecule has 0 saturated carbocycles. The number of hydrogen-bond acceptors (Lipinski definition) is 7. The second kappa shape index (κ2) is 11.8. The van der Waals surface area contributed by atoms with E-state index in [0.717, 1.165) is 23.5 Å². The number of barbiturate groups is 1. The van der Waals surface area contributed by atoms with Crippen LogP contribution in [-0.2, 0) is 9.59 Å². The Morgan fingerprint density at radius 2 is 1.76 bits per heavy atom. The van der Waals surface area contributed by atoms with Crippen LogP contribution in [0.25, 0.3) is 6.08 Å². The standard InChI is InChI=1S/C28H28N2O6S/c1-18-4-11-22(12-5-18)37-15-14-36-24-13-6-19(17-25(24)35-3)16-23-26(31)29-28(33)30(27(23)32)20-7-9-21(34-2)10-8-20/h4,6-11,13,16-17H,5,12,14-15H2,1-3H3,(H,29,31,33)/b23-16-. The number of methoxy groups -OCH3 is 2. The van der Waals surface area contributed by atoms with E-state index in [1.165, 1.54) is 30.8 Å². The second-order valence-electron chi connectivity index (χ2n) is 8.41. The van der Waals surface area contributed by atoms with E-state index in [0.29, 0.717) is 35.1 Å². The van der Waals surface area contributed by atoms with Gasteiger partial charge in [-0.05, 0) is 72.7 Å². The summed E-state index contributed by atoms with van der Waals surface area (Å²) in [6, 6.07) is 10.7. The van der Waals surface area contributed by atoms with Gasteiger partial charge in [-0.1, -0.05) is 23.8 Å². The molecular formula is C28H28N2O6S. The van der Waals surface area contributed by atoms with Crippen molar-refractivity contribution >= 4 is 41.4 Å². The summed E-state index contributed by atoms with van der Waals surface area (Å²) >= 11 is 1.78. The molecular weight excluding hydrogens is 492 g/mol. The van der Waals surface area contributed by atoms with Crippen LogP contribution >= 0.6 is 11.8 Å². The first-order valence-electron chi connectivity index (χ1n) is 11.7. The molecule has 1 fully saturated rings. The number of carbonyl (C=O) groups excluding carboxylic acids is 3. The molecule has 8 nitrogen and oxygen atoms in total. The van der Waals surface area contributed by atoms with Gasteiger partial charge >= 0.3 is 6.03 Å². The number of hydrogen-bond donors (Lipinski definition) is 1. The van der Waals surface area contributed by atoms with Gasteiger partial charge in [-0.15, -0.1) is 11.8 Å². The lowest BCUT2D eigenvalue weighted by Gasteiger charge is -2.26. The summed E-state index contributed by atoms with van der Waals surface area (Å²) in [5.74, 6) is 0.925. The number of nitrogens with zero attached hydrogens (tertiary/aromatic N) is 1. The highest BCUT2D eigenvalue weighted by molar-refractivity contribution is 8.03. The number of carbonyl (C=O) groups is 3. The third kappa shape index (κ3) is 6.24. The van der Waals surface area contributed by atoms with Crippen LogP contribution in [0.5, 0.6) is 17.2 Å². The average Bonchev–Trinajstić information content (AvgIpc) is 2.90. The van der Waals surface area contributed by atoms with E-state index in [1.807, 2.05) is 0 Å². The molecule has 4 rings (SSSR count). The number of nitrogens with one attached hydrogen (secondary N) is 1. The minimum absolute atomic E-state index is 0.174. The van der Waals surface area contributed by atoms with Gasteiger partial charge in [0.1, 0.15) is 11.3 Å². The molecule has 1 heterocycles. The van der Waals surface area contributed by atoms with Crippen LogP contribution in [0, 0.1) is 0 Å². The Bertz CT molecular complexity index is 1300. The molecule has 9 heteroatoms. The fraction of sp³-hybridized carbons (Fsp3) is 0.250. The molecule has 0 aromatic heterocycles. The number of ether oxygens (including phenoxy) is 3. The summed E-state index contributed by atoms with van der Waals surface area (Å²) in [7, 11) is 3.04. The van der Waals surface area contributed by atoms with E-state index in [9.17, 15) is 14.4 Å². The largest absolute Gasteiger partial charge is 0.497 e. The van der Waals surface area contributed by atoms with Crippen molar-refractivity contribution in [3.05, 3.63) is 76.2 Å². The SMILES string of the molecule is COc1ccc(N2C(=O)NC(=O)/C(=C/c3ccc(OCCSC4=CC=C(C)CC4)c(OC)c3)C2=O)cc1. The van der Waals surface area contributed by atoms with E-state index in [4.69, 9.17) is 14.2 Å². The van der Waals surface area contributed by atoms with E-state index >= 15 is 0 Å². The second-order valence-corrected chi connectivity index (χ2v) is 9.63. The maximum absolute atomic E-state index is 13.1. The molecule has 1 aliphatic carbocycles. The zero-order valence-corrected chi connectivity index (χ0v) is 21.7. The van der Waals surface area contributed by atoms with Gasteiger partial charge in [-0.2, -0.15) is 0 Å². The molecule has 0 unspecified atom stereocenters. The molecule has 0 bridgehead atoms. The zero-order valence-electron chi connectivity index (χ0n) is 20.9. The predicted molar refractivity (Wildman–Crippen MR) is 144 cm³/mol. The maximum Gasteiger partial charge on any atom is 0.335 e. The van der Waals surface area contributed by atoms with Crippen LogP contribution in [0.2, 0.25) is 0 Å². The Hall–Kier alpha value is -3.98. The third-order valence-electron chi connectivity index (χ3n) is 5.88. The molecule has 1 saturated heterocycles. The summed E-state index contributed by atoms with van der Waals surface area (Å²) in [5.41, 5.74) is 2.09. The van der Waals surface area contributed by atoms with Gasteiger partial charge in [0.2, 0.25) is 0 Å². The van der Waals surface area contributed by atoms with E-state index in [1.54, 1.807) is 54.2 Å². The molecule has 2 aromatic carbocycles. The highest BCUT2D eigenvalue weighted by Crippen LogP contribution is 2.31. The van der Waals surface area contributed by atoms with Crippen molar-refractivity contribution in [1.82, 2.24) is 5.32 Å².